The van der Waals surface area contributed by atoms with Gasteiger partial charge in [0.15, 0.2) is 11.5 Å². The Bertz CT molecular complexity index is 327. The molecule has 0 radical (unpaired) electrons. The molecule has 0 fully saturated rings. The molecule has 0 saturated heterocycles. The minimum absolute atomic E-state index is 0.536. The second-order valence-electron chi connectivity index (χ2n) is 2.26. The third kappa shape index (κ3) is 1.49. The normalized spacial score (nSPS) is 17.9. The van der Waals surface area contributed by atoms with E-state index in [1.165, 1.54) is 0 Å². The molecular weight excluding hydrogens is 267 g/mol. The van der Waals surface area contributed by atoms with Gasteiger partial charge in [0.2, 0.25) is 0 Å². The number of alkyl halides is 2. The van der Waals surface area contributed by atoms with Crippen molar-refractivity contribution in [2.24, 2.45) is 0 Å². The minimum Gasteiger partial charge on any atom is -0.423 e. The monoisotopic (exact) mass is 268 g/mol. The number of ether oxygens (including phenoxy) is 2. The van der Waals surface area contributed by atoms with Gasteiger partial charge in [0, 0.05) is 4.47 Å². The Morgan fingerprint density at radius 2 is 1.83 bits per heavy atom. The maximum absolute atomic E-state index is 5.59. The average Bonchev–Trinajstić information content (AvgIpc) is 2.21. The van der Waals surface area contributed by atoms with Crippen LogP contribution in [0.25, 0.3) is 0 Å². The van der Waals surface area contributed by atoms with Gasteiger partial charge >= 0.3 is 4.71 Å². The molecular formula is C7H3BrCl2O2. The highest BCUT2D eigenvalue weighted by molar-refractivity contribution is 9.10. The van der Waals surface area contributed by atoms with Crippen molar-refractivity contribution in [2.45, 2.75) is 4.71 Å². The van der Waals surface area contributed by atoms with Crippen molar-refractivity contribution in [3.05, 3.63) is 22.7 Å². The molecule has 1 heterocycles. The van der Waals surface area contributed by atoms with Crippen LogP contribution in [-0.2, 0) is 0 Å². The lowest BCUT2D eigenvalue weighted by Gasteiger charge is -2.09. The first kappa shape index (κ1) is 8.48. The molecule has 0 saturated carbocycles. The average molecular weight is 270 g/mol. The molecule has 0 unspecified atom stereocenters. The molecule has 0 aliphatic carbocycles. The fourth-order valence-electron chi connectivity index (χ4n) is 0.923. The Hall–Kier alpha value is -0.120. The topological polar surface area (TPSA) is 18.5 Å². The van der Waals surface area contributed by atoms with E-state index in [0.29, 0.717) is 11.5 Å². The van der Waals surface area contributed by atoms with E-state index < -0.39 is 4.71 Å². The van der Waals surface area contributed by atoms with Crippen LogP contribution >= 0.6 is 39.1 Å². The Morgan fingerprint density at radius 1 is 1.17 bits per heavy atom. The Kier molecular flexibility index (Phi) is 1.90. The van der Waals surface area contributed by atoms with Crippen LogP contribution in [0.1, 0.15) is 0 Å². The number of hydrogen-bond donors (Lipinski definition) is 0. The van der Waals surface area contributed by atoms with E-state index >= 15 is 0 Å². The molecule has 5 heteroatoms. The van der Waals surface area contributed by atoms with Gasteiger partial charge in [-0.1, -0.05) is 15.9 Å². The fourth-order valence-corrected chi connectivity index (χ4v) is 1.60. The van der Waals surface area contributed by atoms with E-state index in [2.05, 4.69) is 15.9 Å². The third-order valence-electron chi connectivity index (χ3n) is 1.36. The minimum atomic E-state index is -1.58. The second-order valence-corrected chi connectivity index (χ2v) is 4.36. The van der Waals surface area contributed by atoms with Crippen LogP contribution in [0.4, 0.5) is 0 Å². The van der Waals surface area contributed by atoms with Crippen molar-refractivity contribution in [2.75, 3.05) is 0 Å². The van der Waals surface area contributed by atoms with Crippen molar-refractivity contribution in [1.82, 2.24) is 0 Å². The first-order valence-electron chi connectivity index (χ1n) is 3.12. The van der Waals surface area contributed by atoms with Gasteiger partial charge in [-0.2, -0.15) is 0 Å². The summed E-state index contributed by atoms with van der Waals surface area (Å²) in [7, 11) is 0. The number of halogens is 3. The summed E-state index contributed by atoms with van der Waals surface area (Å²) >= 11 is 14.5. The van der Waals surface area contributed by atoms with Gasteiger partial charge in [0.25, 0.3) is 0 Å². The molecule has 2 rings (SSSR count). The molecule has 0 aromatic heterocycles. The molecule has 1 aliphatic rings. The number of rotatable bonds is 0. The van der Waals surface area contributed by atoms with Crippen LogP contribution in [-0.4, -0.2) is 4.71 Å². The lowest BCUT2D eigenvalue weighted by atomic mass is 10.3. The molecule has 0 N–H and O–H groups in total. The molecule has 1 aromatic rings. The van der Waals surface area contributed by atoms with Gasteiger partial charge in [-0.15, -0.1) is 0 Å². The Balaban J connectivity index is 2.43. The zero-order valence-electron chi connectivity index (χ0n) is 5.68. The molecule has 1 aromatic carbocycles. The number of hydrogen-bond acceptors (Lipinski definition) is 2. The quantitative estimate of drug-likeness (QED) is 0.673. The van der Waals surface area contributed by atoms with Gasteiger partial charge in [-0.05, 0) is 41.4 Å². The third-order valence-corrected chi connectivity index (χ3v) is 2.17. The van der Waals surface area contributed by atoms with Crippen molar-refractivity contribution in [3.8, 4) is 11.5 Å². The summed E-state index contributed by atoms with van der Waals surface area (Å²) < 4.78 is 9.40. The highest BCUT2D eigenvalue weighted by Gasteiger charge is 2.37. The van der Waals surface area contributed by atoms with Crippen LogP contribution < -0.4 is 9.47 Å². The second kappa shape index (κ2) is 2.69. The van der Waals surface area contributed by atoms with Crippen LogP contribution in [0.15, 0.2) is 22.7 Å². The molecule has 12 heavy (non-hydrogen) atoms. The van der Waals surface area contributed by atoms with Crippen molar-refractivity contribution >= 4 is 39.1 Å². The maximum Gasteiger partial charge on any atom is 0.419 e. The van der Waals surface area contributed by atoms with E-state index in [4.69, 9.17) is 32.7 Å². The van der Waals surface area contributed by atoms with E-state index in [-0.39, 0.29) is 0 Å². The summed E-state index contributed by atoms with van der Waals surface area (Å²) in [4.78, 5) is 0. The fraction of sp³-hybridized carbons (Fsp3) is 0.143. The van der Waals surface area contributed by atoms with E-state index in [1.54, 1.807) is 12.1 Å². The Morgan fingerprint density at radius 3 is 2.58 bits per heavy atom. The van der Waals surface area contributed by atoms with Gasteiger partial charge < -0.3 is 9.47 Å². The molecule has 0 spiro atoms. The first-order valence-corrected chi connectivity index (χ1v) is 4.67. The summed E-state index contributed by atoms with van der Waals surface area (Å²) in [5, 5.41) is 0. The lowest BCUT2D eigenvalue weighted by molar-refractivity contribution is 0.0849. The van der Waals surface area contributed by atoms with Gasteiger partial charge in [0.05, 0.1) is 0 Å². The van der Waals surface area contributed by atoms with E-state index in [1.807, 2.05) is 6.07 Å². The zero-order valence-corrected chi connectivity index (χ0v) is 8.78. The number of benzene rings is 1. The van der Waals surface area contributed by atoms with Crippen LogP contribution in [0.3, 0.4) is 0 Å². The molecule has 64 valence electrons. The summed E-state index contributed by atoms with van der Waals surface area (Å²) in [5.74, 6) is 1.08. The van der Waals surface area contributed by atoms with Gasteiger partial charge in [-0.25, -0.2) is 0 Å². The van der Waals surface area contributed by atoms with Crippen LogP contribution in [0.5, 0.6) is 11.5 Å². The zero-order chi connectivity index (χ0) is 8.77. The molecule has 0 amide bonds. The van der Waals surface area contributed by atoms with Gasteiger partial charge in [0.1, 0.15) is 0 Å². The SMILES string of the molecule is ClC1(Cl)Oc2ccc(Br)cc2O1. The molecule has 0 atom stereocenters. The number of fused-ring (bicyclic) bond motifs is 1. The Labute approximate surface area is 87.5 Å². The van der Waals surface area contributed by atoms with E-state index in [9.17, 15) is 0 Å². The van der Waals surface area contributed by atoms with Gasteiger partial charge in [-0.3, -0.25) is 0 Å². The summed E-state index contributed by atoms with van der Waals surface area (Å²) in [6, 6.07) is 5.28. The van der Waals surface area contributed by atoms with Crippen molar-refractivity contribution in [1.29, 1.82) is 0 Å². The molecule has 1 aliphatic heterocycles. The maximum atomic E-state index is 5.59. The van der Waals surface area contributed by atoms with Crippen molar-refractivity contribution < 1.29 is 9.47 Å². The summed E-state index contributed by atoms with van der Waals surface area (Å²) in [6.45, 7) is 0. The lowest BCUT2D eigenvalue weighted by Crippen LogP contribution is -2.22. The van der Waals surface area contributed by atoms with Crippen LogP contribution in [0.2, 0.25) is 0 Å². The van der Waals surface area contributed by atoms with Crippen molar-refractivity contribution in [3.63, 3.8) is 0 Å². The molecule has 0 bridgehead atoms. The largest absolute Gasteiger partial charge is 0.423 e. The highest BCUT2D eigenvalue weighted by atomic mass is 79.9. The summed E-state index contributed by atoms with van der Waals surface area (Å²) in [6.07, 6.45) is 0. The smallest absolute Gasteiger partial charge is 0.419 e. The molecule has 2 nitrogen and oxygen atoms in total. The standard InChI is InChI=1S/C7H3BrCl2O2/c8-4-1-2-5-6(3-4)12-7(9,10)11-5/h1-3H. The predicted octanol–water partition coefficient (Wildman–Crippen LogP) is 3.31. The highest BCUT2D eigenvalue weighted by Crippen LogP contribution is 2.44. The van der Waals surface area contributed by atoms with E-state index in [0.717, 1.165) is 4.47 Å². The first-order chi connectivity index (χ1) is 5.57. The van der Waals surface area contributed by atoms with Crippen LogP contribution in [0, 0.1) is 0 Å². The predicted molar refractivity (Wildman–Crippen MR) is 49.8 cm³/mol. The summed E-state index contributed by atoms with van der Waals surface area (Å²) in [5.41, 5.74) is 0.